The molecule has 10 heteroatoms. The van der Waals surface area contributed by atoms with Crippen LogP contribution in [0.5, 0.6) is 0 Å². The molecule has 0 aromatic carbocycles. The van der Waals surface area contributed by atoms with Crippen LogP contribution in [0.1, 0.15) is 12.8 Å². The molecular formula is C11H12F2N4O4. The summed E-state index contributed by atoms with van der Waals surface area (Å²) >= 11 is 0. The van der Waals surface area contributed by atoms with Crippen LogP contribution in [0.25, 0.3) is 11.0 Å². The number of aryl methyl sites for hydroxylation is 1. The van der Waals surface area contributed by atoms with Gasteiger partial charge in [-0.3, -0.25) is 23.7 Å². The van der Waals surface area contributed by atoms with Gasteiger partial charge in [-0.25, -0.2) is 18.4 Å². The second kappa shape index (κ2) is 5.46. The molecule has 114 valence electrons. The fraction of sp³-hybridized carbons (Fsp3) is 0.455. The molecule has 0 aliphatic carbocycles. The molecule has 0 bridgehead atoms. The first-order chi connectivity index (χ1) is 9.82. The van der Waals surface area contributed by atoms with Crippen molar-refractivity contribution < 1.29 is 8.78 Å². The summed E-state index contributed by atoms with van der Waals surface area (Å²) in [4.78, 5) is 51.0. The second-order valence-corrected chi connectivity index (χ2v) is 4.46. The third-order valence-electron chi connectivity index (χ3n) is 3.03. The number of hydrogen-bond acceptors (Lipinski definition) is 4. The lowest BCUT2D eigenvalue weighted by molar-refractivity contribution is 0.133. The highest BCUT2D eigenvalue weighted by atomic mass is 19.3. The topological polar surface area (TPSA) is 110 Å². The van der Waals surface area contributed by atoms with Gasteiger partial charge in [-0.15, -0.1) is 0 Å². The van der Waals surface area contributed by atoms with Gasteiger partial charge in [0.15, 0.2) is 0 Å². The summed E-state index contributed by atoms with van der Waals surface area (Å²) in [6.45, 7) is -0.164. The largest absolute Gasteiger partial charge is 0.331 e. The highest BCUT2D eigenvalue weighted by Gasteiger charge is 2.15. The number of nitrogens with one attached hydrogen (secondary N) is 2. The van der Waals surface area contributed by atoms with E-state index < -0.39 is 35.3 Å². The van der Waals surface area contributed by atoms with Gasteiger partial charge >= 0.3 is 11.4 Å². The predicted molar refractivity (Wildman–Crippen MR) is 69.9 cm³/mol. The van der Waals surface area contributed by atoms with Gasteiger partial charge in [0.1, 0.15) is 11.0 Å². The van der Waals surface area contributed by atoms with Crippen molar-refractivity contribution in [3.63, 3.8) is 0 Å². The molecule has 0 spiro atoms. The molecule has 2 aromatic rings. The minimum Gasteiger partial charge on any atom is -0.301 e. The number of fused-ring (bicyclic) bond motifs is 1. The molecule has 2 aromatic heterocycles. The predicted octanol–water partition coefficient (Wildman–Crippen LogP) is -0.878. The average Bonchev–Trinajstić information content (AvgIpc) is 2.40. The van der Waals surface area contributed by atoms with Crippen LogP contribution >= 0.6 is 0 Å². The quantitative estimate of drug-likeness (QED) is 0.764. The van der Waals surface area contributed by atoms with Gasteiger partial charge in [-0.1, -0.05) is 0 Å². The summed E-state index contributed by atoms with van der Waals surface area (Å²) in [5.74, 6) is 0. The van der Waals surface area contributed by atoms with Crippen molar-refractivity contribution in [2.75, 3.05) is 0 Å². The smallest absolute Gasteiger partial charge is 0.301 e. The molecule has 0 atom stereocenters. The molecule has 2 N–H and O–H groups in total. The minimum atomic E-state index is -2.53. The summed E-state index contributed by atoms with van der Waals surface area (Å²) < 4.78 is 26.0. The van der Waals surface area contributed by atoms with Crippen LogP contribution in [0.4, 0.5) is 8.78 Å². The SMILES string of the molecule is Cn1c(=O)c2[nH]c(=O)[nH]c(=O)c2n(CCCC(F)F)c1=O. The normalized spacial score (nSPS) is 11.4. The highest BCUT2D eigenvalue weighted by molar-refractivity contribution is 5.71. The van der Waals surface area contributed by atoms with Crippen molar-refractivity contribution >= 4 is 11.0 Å². The molecule has 0 fully saturated rings. The molecule has 0 radical (unpaired) electrons. The first-order valence-corrected chi connectivity index (χ1v) is 6.07. The number of hydrogen-bond donors (Lipinski definition) is 2. The summed E-state index contributed by atoms with van der Waals surface area (Å²) in [6, 6.07) is 0. The fourth-order valence-corrected chi connectivity index (χ4v) is 2.03. The Morgan fingerprint density at radius 3 is 2.43 bits per heavy atom. The van der Waals surface area contributed by atoms with Crippen molar-refractivity contribution in [2.45, 2.75) is 25.8 Å². The lowest BCUT2D eigenvalue weighted by Crippen LogP contribution is -2.42. The van der Waals surface area contributed by atoms with E-state index in [9.17, 15) is 28.0 Å². The Balaban J connectivity index is 2.74. The molecule has 21 heavy (non-hydrogen) atoms. The van der Waals surface area contributed by atoms with Gasteiger partial charge < -0.3 is 4.98 Å². The van der Waals surface area contributed by atoms with E-state index in [4.69, 9.17) is 0 Å². The Morgan fingerprint density at radius 2 is 1.81 bits per heavy atom. The Kier molecular flexibility index (Phi) is 3.87. The standard InChI is InChI=1S/C11H12F2N4O4/c1-16-9(19)6-7(8(18)15-10(20)14-6)17(11(16)21)4-2-3-5(12)13/h5H,2-4H2,1H3,(H2,14,15,18,20). The van der Waals surface area contributed by atoms with Crippen LogP contribution < -0.4 is 22.5 Å². The Morgan fingerprint density at radius 1 is 1.14 bits per heavy atom. The fourth-order valence-electron chi connectivity index (χ4n) is 2.03. The zero-order valence-electron chi connectivity index (χ0n) is 11.0. The summed E-state index contributed by atoms with van der Waals surface area (Å²) in [7, 11) is 1.17. The summed E-state index contributed by atoms with van der Waals surface area (Å²) in [5.41, 5.74) is -4.09. The summed E-state index contributed by atoms with van der Waals surface area (Å²) in [5, 5.41) is 0. The van der Waals surface area contributed by atoms with Gasteiger partial charge in [0.25, 0.3) is 11.1 Å². The Bertz CT molecular complexity index is 906. The molecule has 0 unspecified atom stereocenters. The van der Waals surface area contributed by atoms with E-state index >= 15 is 0 Å². The van der Waals surface area contributed by atoms with E-state index in [1.165, 1.54) is 7.05 Å². The van der Waals surface area contributed by atoms with Crippen LogP contribution in [0.15, 0.2) is 19.2 Å². The van der Waals surface area contributed by atoms with Gasteiger partial charge in [-0.05, 0) is 6.42 Å². The summed E-state index contributed by atoms with van der Waals surface area (Å²) in [6.07, 6.45) is -3.03. The number of H-pyrrole nitrogens is 2. The van der Waals surface area contributed by atoms with Crippen LogP contribution in [-0.2, 0) is 13.6 Å². The van der Waals surface area contributed by atoms with Gasteiger partial charge in [0, 0.05) is 20.0 Å². The van der Waals surface area contributed by atoms with Crippen molar-refractivity contribution in [2.24, 2.45) is 7.05 Å². The molecule has 0 aliphatic rings. The third kappa shape index (κ3) is 2.69. The molecule has 0 saturated carbocycles. The lowest BCUT2D eigenvalue weighted by Gasteiger charge is -2.10. The molecule has 0 amide bonds. The van der Waals surface area contributed by atoms with Gasteiger partial charge in [0.05, 0.1) is 0 Å². The Labute approximate surface area is 114 Å². The van der Waals surface area contributed by atoms with Crippen molar-refractivity contribution in [3.8, 4) is 0 Å². The van der Waals surface area contributed by atoms with Crippen LogP contribution in [-0.4, -0.2) is 25.5 Å². The second-order valence-electron chi connectivity index (χ2n) is 4.46. The number of nitrogens with zero attached hydrogens (tertiary/aromatic N) is 2. The lowest BCUT2D eigenvalue weighted by atomic mass is 10.3. The molecule has 0 saturated heterocycles. The molecule has 2 heterocycles. The molecule has 2 rings (SSSR count). The Hall–Kier alpha value is -2.52. The van der Waals surface area contributed by atoms with Crippen molar-refractivity contribution in [3.05, 3.63) is 41.7 Å². The number of aromatic nitrogens is 4. The van der Waals surface area contributed by atoms with E-state index in [1.54, 1.807) is 0 Å². The zero-order chi connectivity index (χ0) is 15.7. The van der Waals surface area contributed by atoms with E-state index in [-0.39, 0.29) is 24.0 Å². The van der Waals surface area contributed by atoms with Crippen LogP contribution in [0, 0.1) is 0 Å². The highest BCUT2D eigenvalue weighted by Crippen LogP contribution is 2.05. The van der Waals surface area contributed by atoms with E-state index in [1.807, 2.05) is 4.98 Å². The first kappa shape index (κ1) is 14.9. The van der Waals surface area contributed by atoms with Crippen molar-refractivity contribution in [1.29, 1.82) is 0 Å². The van der Waals surface area contributed by atoms with Gasteiger partial charge in [0.2, 0.25) is 6.43 Å². The minimum absolute atomic E-state index is 0.0521. The maximum absolute atomic E-state index is 12.2. The molecule has 8 nitrogen and oxygen atoms in total. The monoisotopic (exact) mass is 302 g/mol. The first-order valence-electron chi connectivity index (χ1n) is 6.07. The van der Waals surface area contributed by atoms with Crippen molar-refractivity contribution in [1.82, 2.24) is 19.1 Å². The number of alkyl halides is 2. The third-order valence-corrected chi connectivity index (χ3v) is 3.03. The van der Waals surface area contributed by atoms with E-state index in [0.29, 0.717) is 4.57 Å². The molecule has 0 aliphatic heterocycles. The molecular weight excluding hydrogens is 290 g/mol. The zero-order valence-corrected chi connectivity index (χ0v) is 11.0. The number of halogens is 2. The maximum Gasteiger partial charge on any atom is 0.331 e. The maximum atomic E-state index is 12.2. The number of rotatable bonds is 4. The van der Waals surface area contributed by atoms with Crippen LogP contribution in [0.3, 0.4) is 0 Å². The van der Waals surface area contributed by atoms with E-state index in [2.05, 4.69) is 4.98 Å². The van der Waals surface area contributed by atoms with E-state index in [0.717, 1.165) is 4.57 Å². The van der Waals surface area contributed by atoms with Gasteiger partial charge in [-0.2, -0.15) is 0 Å². The van der Waals surface area contributed by atoms with Crippen LogP contribution in [0.2, 0.25) is 0 Å². The average molecular weight is 302 g/mol. The number of aromatic amines is 2.